The molecule has 2 aromatic rings. The third-order valence-corrected chi connectivity index (χ3v) is 5.64. The molecule has 3 heterocycles. The zero-order valence-electron chi connectivity index (χ0n) is 13.7. The second kappa shape index (κ2) is 6.95. The standard InChI is InChI=1S/C19H22N2O2S/c22-19(18-13-15-5-1-2-7-17(15)23-18)21-9-4-8-20(10-11-21)14-16-6-3-12-24-16/h1-3,5-7,12,18H,4,8-11,13-14H2/t18-/m1/s1. The molecule has 1 fully saturated rings. The van der Waals surface area contributed by atoms with Crippen molar-refractivity contribution in [3.63, 3.8) is 0 Å². The molecule has 24 heavy (non-hydrogen) atoms. The lowest BCUT2D eigenvalue weighted by molar-refractivity contribution is -0.137. The number of thiophene rings is 1. The predicted octanol–water partition coefficient (Wildman–Crippen LogP) is 2.79. The van der Waals surface area contributed by atoms with Crippen LogP contribution in [0.2, 0.25) is 0 Å². The van der Waals surface area contributed by atoms with Crippen molar-refractivity contribution in [1.29, 1.82) is 0 Å². The fraction of sp³-hybridized carbons (Fsp3) is 0.421. The van der Waals surface area contributed by atoms with Gasteiger partial charge >= 0.3 is 0 Å². The Bertz CT molecular complexity index is 676. The van der Waals surface area contributed by atoms with Crippen LogP contribution in [-0.4, -0.2) is 48.0 Å². The summed E-state index contributed by atoms with van der Waals surface area (Å²) < 4.78 is 5.87. The van der Waals surface area contributed by atoms with Crippen molar-refractivity contribution in [2.75, 3.05) is 26.2 Å². The molecule has 0 radical (unpaired) electrons. The first-order valence-electron chi connectivity index (χ1n) is 8.58. The van der Waals surface area contributed by atoms with Crippen molar-refractivity contribution in [1.82, 2.24) is 9.80 Å². The highest BCUT2D eigenvalue weighted by Crippen LogP contribution is 2.29. The van der Waals surface area contributed by atoms with Crippen molar-refractivity contribution in [2.24, 2.45) is 0 Å². The number of benzene rings is 1. The van der Waals surface area contributed by atoms with E-state index >= 15 is 0 Å². The third-order valence-electron chi connectivity index (χ3n) is 4.78. The van der Waals surface area contributed by atoms with Gasteiger partial charge in [0.05, 0.1) is 0 Å². The Kier molecular flexibility index (Phi) is 4.54. The van der Waals surface area contributed by atoms with Crippen LogP contribution in [0.3, 0.4) is 0 Å². The van der Waals surface area contributed by atoms with Crippen LogP contribution in [0.15, 0.2) is 41.8 Å². The molecule has 0 aliphatic carbocycles. The number of hydrogen-bond donors (Lipinski definition) is 0. The van der Waals surface area contributed by atoms with Gasteiger partial charge < -0.3 is 9.64 Å². The maximum absolute atomic E-state index is 12.8. The van der Waals surface area contributed by atoms with Crippen LogP contribution in [0.1, 0.15) is 16.9 Å². The summed E-state index contributed by atoms with van der Waals surface area (Å²) in [6.45, 7) is 4.60. The molecule has 4 rings (SSSR count). The zero-order chi connectivity index (χ0) is 16.4. The average molecular weight is 342 g/mol. The van der Waals surface area contributed by atoms with Crippen LogP contribution in [-0.2, 0) is 17.8 Å². The van der Waals surface area contributed by atoms with Gasteiger partial charge in [-0.2, -0.15) is 0 Å². The number of amides is 1. The van der Waals surface area contributed by atoms with Crippen molar-refractivity contribution < 1.29 is 9.53 Å². The molecular weight excluding hydrogens is 320 g/mol. The van der Waals surface area contributed by atoms with Crippen molar-refractivity contribution in [3.05, 3.63) is 52.2 Å². The summed E-state index contributed by atoms with van der Waals surface area (Å²) >= 11 is 1.80. The lowest BCUT2D eigenvalue weighted by atomic mass is 10.1. The van der Waals surface area contributed by atoms with Gasteiger partial charge in [-0.3, -0.25) is 9.69 Å². The van der Waals surface area contributed by atoms with Crippen molar-refractivity contribution >= 4 is 17.2 Å². The summed E-state index contributed by atoms with van der Waals surface area (Å²) in [6, 6.07) is 12.2. The fourth-order valence-corrected chi connectivity index (χ4v) is 4.24. The van der Waals surface area contributed by atoms with Gasteiger partial charge in [0, 0.05) is 44.0 Å². The van der Waals surface area contributed by atoms with Gasteiger partial charge in [-0.1, -0.05) is 24.3 Å². The summed E-state index contributed by atoms with van der Waals surface area (Å²) in [4.78, 5) is 18.7. The van der Waals surface area contributed by atoms with E-state index in [9.17, 15) is 4.79 Å². The Morgan fingerprint density at radius 1 is 1.12 bits per heavy atom. The van der Waals surface area contributed by atoms with Crippen LogP contribution in [0.4, 0.5) is 0 Å². The molecule has 4 nitrogen and oxygen atoms in total. The molecular formula is C19H22N2O2S. The predicted molar refractivity (Wildman–Crippen MR) is 95.4 cm³/mol. The molecule has 1 atom stereocenters. The fourth-order valence-electron chi connectivity index (χ4n) is 3.50. The molecule has 2 aliphatic rings. The molecule has 0 bridgehead atoms. The Hall–Kier alpha value is -1.85. The van der Waals surface area contributed by atoms with Crippen LogP contribution in [0.25, 0.3) is 0 Å². The first kappa shape index (κ1) is 15.7. The van der Waals surface area contributed by atoms with Crippen molar-refractivity contribution in [2.45, 2.75) is 25.5 Å². The minimum absolute atomic E-state index is 0.143. The second-order valence-corrected chi connectivity index (χ2v) is 7.48. The minimum atomic E-state index is -0.341. The van der Waals surface area contributed by atoms with Gasteiger partial charge in [-0.15, -0.1) is 11.3 Å². The number of carbonyl (C=O) groups is 1. The second-order valence-electron chi connectivity index (χ2n) is 6.45. The normalized spacial score (nSPS) is 21.2. The molecule has 1 aromatic heterocycles. The number of carbonyl (C=O) groups excluding carboxylic acids is 1. The number of rotatable bonds is 3. The molecule has 1 amide bonds. The van der Waals surface area contributed by atoms with E-state index in [0.29, 0.717) is 6.42 Å². The average Bonchev–Trinajstić information content (AvgIpc) is 3.20. The van der Waals surface area contributed by atoms with E-state index in [1.165, 1.54) is 4.88 Å². The molecule has 0 unspecified atom stereocenters. The number of para-hydroxylation sites is 1. The van der Waals surface area contributed by atoms with Gasteiger partial charge in [-0.05, 0) is 29.5 Å². The third kappa shape index (κ3) is 3.32. The summed E-state index contributed by atoms with van der Waals surface area (Å²) in [5.74, 6) is 1.01. The molecule has 0 spiro atoms. The Morgan fingerprint density at radius 2 is 2.04 bits per heavy atom. The summed E-state index contributed by atoms with van der Waals surface area (Å²) in [7, 11) is 0. The Labute approximate surface area is 146 Å². The summed E-state index contributed by atoms with van der Waals surface area (Å²) in [5.41, 5.74) is 1.14. The Morgan fingerprint density at radius 3 is 2.88 bits per heavy atom. The van der Waals surface area contributed by atoms with Crippen molar-refractivity contribution in [3.8, 4) is 5.75 Å². The quantitative estimate of drug-likeness (QED) is 0.860. The van der Waals surface area contributed by atoms with Crippen LogP contribution >= 0.6 is 11.3 Å². The van der Waals surface area contributed by atoms with E-state index in [1.807, 2.05) is 29.2 Å². The largest absolute Gasteiger partial charge is 0.480 e. The lowest BCUT2D eigenvalue weighted by Crippen LogP contribution is -2.43. The lowest BCUT2D eigenvalue weighted by Gasteiger charge is -2.24. The zero-order valence-corrected chi connectivity index (χ0v) is 14.5. The van der Waals surface area contributed by atoms with E-state index in [1.54, 1.807) is 11.3 Å². The van der Waals surface area contributed by atoms with E-state index in [-0.39, 0.29) is 12.0 Å². The van der Waals surface area contributed by atoms with E-state index in [0.717, 1.165) is 50.5 Å². The highest BCUT2D eigenvalue weighted by Gasteiger charge is 2.32. The Balaban J connectivity index is 1.35. The van der Waals surface area contributed by atoms with Gasteiger partial charge in [0.2, 0.25) is 0 Å². The molecule has 0 saturated carbocycles. The smallest absolute Gasteiger partial charge is 0.264 e. The van der Waals surface area contributed by atoms with Crippen LogP contribution in [0, 0.1) is 0 Å². The monoisotopic (exact) mass is 342 g/mol. The molecule has 0 N–H and O–H groups in total. The molecule has 2 aliphatic heterocycles. The number of hydrogen-bond acceptors (Lipinski definition) is 4. The van der Waals surface area contributed by atoms with Crippen LogP contribution < -0.4 is 4.74 Å². The van der Waals surface area contributed by atoms with E-state index in [2.05, 4.69) is 22.4 Å². The van der Waals surface area contributed by atoms with Crippen LogP contribution in [0.5, 0.6) is 5.75 Å². The molecule has 1 saturated heterocycles. The number of fused-ring (bicyclic) bond motifs is 1. The first-order valence-corrected chi connectivity index (χ1v) is 9.45. The topological polar surface area (TPSA) is 32.8 Å². The summed E-state index contributed by atoms with van der Waals surface area (Å²) in [6.07, 6.45) is 1.38. The maximum atomic E-state index is 12.8. The van der Waals surface area contributed by atoms with Gasteiger partial charge in [0.1, 0.15) is 5.75 Å². The van der Waals surface area contributed by atoms with Gasteiger partial charge in [0.25, 0.3) is 5.91 Å². The van der Waals surface area contributed by atoms with E-state index < -0.39 is 0 Å². The maximum Gasteiger partial charge on any atom is 0.264 e. The van der Waals surface area contributed by atoms with Gasteiger partial charge in [-0.25, -0.2) is 0 Å². The van der Waals surface area contributed by atoms with Gasteiger partial charge in [0.15, 0.2) is 6.10 Å². The molecule has 1 aromatic carbocycles. The highest BCUT2D eigenvalue weighted by molar-refractivity contribution is 7.09. The SMILES string of the molecule is O=C([C@H]1Cc2ccccc2O1)N1CCCN(Cc2cccs2)CC1. The van der Waals surface area contributed by atoms with E-state index in [4.69, 9.17) is 4.74 Å². The molecule has 5 heteroatoms. The number of nitrogens with zero attached hydrogens (tertiary/aromatic N) is 2. The molecule has 126 valence electrons. The minimum Gasteiger partial charge on any atom is -0.480 e. The first-order chi connectivity index (χ1) is 11.8. The number of ether oxygens (including phenoxy) is 1. The summed E-state index contributed by atoms with van der Waals surface area (Å²) in [5, 5.41) is 2.12. The highest BCUT2D eigenvalue weighted by atomic mass is 32.1.